The fourth-order valence-electron chi connectivity index (χ4n) is 6.15. The van der Waals surface area contributed by atoms with Crippen LogP contribution in [-0.4, -0.2) is 0 Å². The van der Waals surface area contributed by atoms with Crippen LogP contribution < -0.4 is 0 Å². The van der Waals surface area contributed by atoms with Crippen LogP contribution in [0.1, 0.15) is 104 Å². The van der Waals surface area contributed by atoms with Crippen molar-refractivity contribution >= 4 is 16.8 Å². The van der Waals surface area contributed by atoms with Crippen molar-refractivity contribution in [2.75, 3.05) is 0 Å². The summed E-state index contributed by atoms with van der Waals surface area (Å²) in [4.78, 5) is 0. The SMILES string of the molecule is [CH2-]c1c(C2CCCCC2)c2c3c(cccc3c1C1CCCCC1)C=CC2. The van der Waals surface area contributed by atoms with Gasteiger partial charge in [0, 0.05) is 0 Å². The van der Waals surface area contributed by atoms with Gasteiger partial charge in [0.2, 0.25) is 0 Å². The quantitative estimate of drug-likeness (QED) is 0.490. The Kier molecular flexibility index (Phi) is 4.31. The molecule has 5 rings (SSSR count). The van der Waals surface area contributed by atoms with Crippen LogP contribution in [0.15, 0.2) is 24.3 Å². The van der Waals surface area contributed by atoms with Crippen LogP contribution in [-0.2, 0) is 6.42 Å². The number of benzene rings is 2. The first kappa shape index (κ1) is 16.5. The molecule has 0 unspecified atom stereocenters. The second kappa shape index (κ2) is 6.80. The lowest BCUT2D eigenvalue weighted by molar-refractivity contribution is 0.434. The van der Waals surface area contributed by atoms with Gasteiger partial charge in [-0.05, 0) is 17.4 Å². The average Bonchev–Trinajstić information content (AvgIpc) is 2.70. The molecule has 0 aromatic heterocycles. The second-order valence-corrected chi connectivity index (χ2v) is 8.83. The van der Waals surface area contributed by atoms with E-state index in [4.69, 9.17) is 6.92 Å². The largest absolute Gasteiger partial charge is 0.198 e. The number of rotatable bonds is 2. The Morgan fingerprint density at radius 1 is 0.769 bits per heavy atom. The molecule has 0 atom stereocenters. The van der Waals surface area contributed by atoms with E-state index in [9.17, 15) is 0 Å². The molecule has 0 saturated heterocycles. The molecule has 0 heteroatoms. The second-order valence-electron chi connectivity index (χ2n) is 8.83. The van der Waals surface area contributed by atoms with Crippen LogP contribution >= 0.6 is 0 Å². The van der Waals surface area contributed by atoms with Crippen LogP contribution in [0.5, 0.6) is 0 Å². The first-order valence-electron chi connectivity index (χ1n) is 10.9. The molecule has 0 heterocycles. The molecule has 3 aliphatic rings. The van der Waals surface area contributed by atoms with Crippen molar-refractivity contribution in [2.24, 2.45) is 0 Å². The van der Waals surface area contributed by atoms with Gasteiger partial charge >= 0.3 is 0 Å². The van der Waals surface area contributed by atoms with Crippen LogP contribution in [0.4, 0.5) is 0 Å². The highest BCUT2D eigenvalue weighted by atomic mass is 14.3. The molecule has 2 aromatic carbocycles. The predicted octanol–water partition coefficient (Wildman–Crippen LogP) is 7.69. The van der Waals surface area contributed by atoms with Gasteiger partial charge in [-0.2, -0.15) is 12.5 Å². The molecule has 2 fully saturated rings. The molecule has 0 amide bonds. The molecule has 0 radical (unpaired) electrons. The lowest BCUT2D eigenvalue weighted by atomic mass is 9.71. The van der Waals surface area contributed by atoms with E-state index in [2.05, 4.69) is 30.4 Å². The summed E-state index contributed by atoms with van der Waals surface area (Å²) in [6, 6.07) is 6.98. The third-order valence-corrected chi connectivity index (χ3v) is 7.31. The Morgan fingerprint density at radius 2 is 1.42 bits per heavy atom. The fourth-order valence-corrected chi connectivity index (χ4v) is 6.15. The van der Waals surface area contributed by atoms with E-state index in [1.54, 1.807) is 22.1 Å². The smallest absolute Gasteiger partial charge is 0.0199 e. The summed E-state index contributed by atoms with van der Waals surface area (Å²) >= 11 is 0. The molecule has 2 aromatic rings. The topological polar surface area (TPSA) is 0 Å². The highest BCUT2D eigenvalue weighted by Crippen LogP contribution is 2.47. The van der Waals surface area contributed by atoms with Crippen molar-refractivity contribution in [2.45, 2.75) is 82.5 Å². The minimum atomic E-state index is 0.730. The Balaban J connectivity index is 1.78. The van der Waals surface area contributed by atoms with Crippen LogP contribution in [0.25, 0.3) is 16.8 Å². The molecule has 0 bridgehead atoms. The Hall–Kier alpha value is -1.69. The van der Waals surface area contributed by atoms with Crippen molar-refractivity contribution < 1.29 is 0 Å². The summed E-state index contributed by atoms with van der Waals surface area (Å²) < 4.78 is 0. The van der Waals surface area contributed by atoms with E-state index in [0.29, 0.717) is 0 Å². The maximum absolute atomic E-state index is 4.76. The van der Waals surface area contributed by atoms with Crippen LogP contribution in [0, 0.1) is 6.92 Å². The van der Waals surface area contributed by atoms with Gasteiger partial charge in [0.05, 0.1) is 0 Å². The van der Waals surface area contributed by atoms with Crippen LogP contribution in [0.2, 0.25) is 0 Å². The third kappa shape index (κ3) is 2.61. The minimum absolute atomic E-state index is 0.730. The highest BCUT2D eigenvalue weighted by molar-refractivity contribution is 5.99. The number of hydrogen-bond acceptors (Lipinski definition) is 0. The molecule has 0 nitrogen and oxygen atoms in total. The molecule has 26 heavy (non-hydrogen) atoms. The Morgan fingerprint density at radius 3 is 2.12 bits per heavy atom. The fraction of sp³-hybridized carbons (Fsp3) is 0.500. The average molecular weight is 344 g/mol. The van der Waals surface area contributed by atoms with Crippen molar-refractivity contribution in [3.63, 3.8) is 0 Å². The van der Waals surface area contributed by atoms with Gasteiger partial charge in [-0.3, -0.25) is 0 Å². The Labute approximate surface area is 158 Å². The molecule has 2 saturated carbocycles. The van der Waals surface area contributed by atoms with E-state index in [1.165, 1.54) is 80.7 Å². The van der Waals surface area contributed by atoms with E-state index < -0.39 is 0 Å². The van der Waals surface area contributed by atoms with Gasteiger partial charge in [-0.1, -0.05) is 117 Å². The monoisotopic (exact) mass is 343 g/mol. The normalized spacial score (nSPS) is 21.4. The van der Waals surface area contributed by atoms with Crippen molar-refractivity contribution in [1.82, 2.24) is 0 Å². The zero-order valence-corrected chi connectivity index (χ0v) is 16.0. The molecule has 136 valence electrons. The first-order valence-corrected chi connectivity index (χ1v) is 10.9. The summed E-state index contributed by atoms with van der Waals surface area (Å²) in [6.07, 6.45) is 19.7. The third-order valence-electron chi connectivity index (χ3n) is 7.31. The molecule has 0 aliphatic heterocycles. The molecule has 0 N–H and O–H groups in total. The Bertz CT molecular complexity index is 842. The predicted molar refractivity (Wildman–Crippen MR) is 113 cm³/mol. The van der Waals surface area contributed by atoms with Crippen LogP contribution in [0.3, 0.4) is 0 Å². The standard InChI is InChI=1S/C26H31/c1-18-24(19-10-4-2-5-11-19)22-16-8-14-21-15-9-17-23(26(21)22)25(18)20-12-6-3-7-13-20/h8-9,14-16,19-20H,1-7,10-13,17H2/q-1. The summed E-state index contributed by atoms with van der Waals surface area (Å²) in [7, 11) is 0. The lowest BCUT2D eigenvalue weighted by Crippen LogP contribution is -2.15. The van der Waals surface area contributed by atoms with Gasteiger partial charge in [0.25, 0.3) is 0 Å². The molecule has 0 spiro atoms. The zero-order valence-electron chi connectivity index (χ0n) is 16.0. The van der Waals surface area contributed by atoms with Gasteiger partial charge in [0.15, 0.2) is 0 Å². The highest BCUT2D eigenvalue weighted by Gasteiger charge is 2.23. The summed E-state index contributed by atoms with van der Waals surface area (Å²) in [5.74, 6) is 1.48. The molecular formula is C26H31-. The van der Waals surface area contributed by atoms with Crippen molar-refractivity contribution in [3.8, 4) is 0 Å². The summed E-state index contributed by atoms with van der Waals surface area (Å²) in [6.45, 7) is 4.76. The van der Waals surface area contributed by atoms with Crippen molar-refractivity contribution in [1.29, 1.82) is 0 Å². The number of hydrogen-bond donors (Lipinski definition) is 0. The molecular weight excluding hydrogens is 312 g/mol. The van der Waals surface area contributed by atoms with E-state index in [0.717, 1.165) is 18.3 Å². The van der Waals surface area contributed by atoms with Crippen molar-refractivity contribution in [3.05, 3.63) is 59.0 Å². The van der Waals surface area contributed by atoms with E-state index >= 15 is 0 Å². The van der Waals surface area contributed by atoms with Gasteiger partial charge in [0.1, 0.15) is 0 Å². The molecule has 3 aliphatic carbocycles. The zero-order chi connectivity index (χ0) is 17.5. The summed E-state index contributed by atoms with van der Waals surface area (Å²) in [5, 5.41) is 3.10. The van der Waals surface area contributed by atoms with Gasteiger partial charge < -0.3 is 0 Å². The van der Waals surface area contributed by atoms with E-state index in [-0.39, 0.29) is 0 Å². The summed E-state index contributed by atoms with van der Waals surface area (Å²) in [5.41, 5.74) is 7.78. The van der Waals surface area contributed by atoms with Gasteiger partial charge in [-0.25, -0.2) is 0 Å². The minimum Gasteiger partial charge on any atom is -0.198 e. The number of allylic oxidation sites excluding steroid dienone is 1. The maximum atomic E-state index is 4.76. The van der Waals surface area contributed by atoms with Gasteiger partial charge in [-0.15, -0.1) is 11.1 Å². The first-order chi connectivity index (χ1) is 12.8. The lowest BCUT2D eigenvalue weighted by Gasteiger charge is -2.39. The van der Waals surface area contributed by atoms with E-state index in [1.807, 2.05) is 0 Å². The maximum Gasteiger partial charge on any atom is -0.0199 e.